The number of ether oxygens (including phenoxy) is 1. The van der Waals surface area contributed by atoms with Crippen LogP contribution >= 0.6 is 0 Å². The summed E-state index contributed by atoms with van der Waals surface area (Å²) >= 11 is 0. The van der Waals surface area contributed by atoms with E-state index < -0.39 is 17.8 Å². The van der Waals surface area contributed by atoms with E-state index >= 15 is 0 Å². The summed E-state index contributed by atoms with van der Waals surface area (Å²) in [4.78, 5) is 4.21. The van der Waals surface area contributed by atoms with Crippen molar-refractivity contribution in [2.24, 2.45) is 0 Å². The van der Waals surface area contributed by atoms with Crippen LogP contribution < -0.4 is 9.64 Å². The smallest absolute Gasteiger partial charge is 0.416 e. The molecule has 1 atom stereocenters. The van der Waals surface area contributed by atoms with Crippen LogP contribution in [0.5, 0.6) is 5.75 Å². The molecule has 1 N–H and O–H groups in total. The predicted molar refractivity (Wildman–Crippen MR) is 98.0 cm³/mol. The third-order valence-corrected chi connectivity index (χ3v) is 4.64. The zero-order valence-corrected chi connectivity index (χ0v) is 15.2. The monoisotopic (exact) mass is 398 g/mol. The number of β-amino-alcohol motifs (C(OH)–C–C–N with tert-alkyl or cyclic N) is 1. The third-order valence-electron chi connectivity index (χ3n) is 4.64. The fourth-order valence-electron chi connectivity index (χ4n) is 3.15. The Bertz CT molecular complexity index is 760. The number of aliphatic hydroxyl groups excluding tert-OH is 1. The highest BCUT2D eigenvalue weighted by Gasteiger charge is 2.30. The summed E-state index contributed by atoms with van der Waals surface area (Å²) in [5.41, 5.74) is 0.172. The Labute approximate surface area is 160 Å². The van der Waals surface area contributed by atoms with Crippen LogP contribution in [0.1, 0.15) is 5.56 Å². The van der Waals surface area contributed by atoms with Gasteiger partial charge in [-0.15, -0.1) is 0 Å². The van der Waals surface area contributed by atoms with Gasteiger partial charge in [0.15, 0.2) is 0 Å². The molecule has 2 aromatic carbocycles. The highest BCUT2D eigenvalue weighted by atomic mass is 19.4. The molecule has 0 radical (unpaired) electrons. The van der Waals surface area contributed by atoms with E-state index in [1.165, 1.54) is 24.3 Å². The zero-order chi connectivity index (χ0) is 20.1. The van der Waals surface area contributed by atoms with Crippen LogP contribution in [-0.4, -0.2) is 55.4 Å². The SMILES string of the molecule is OC(COc1cccc(C(F)(F)F)c1)CN1CCN(c2ccc(F)cc2)CC1. The number of hydrogen-bond acceptors (Lipinski definition) is 4. The van der Waals surface area contributed by atoms with Gasteiger partial charge in [0.25, 0.3) is 0 Å². The number of hydrogen-bond donors (Lipinski definition) is 1. The Morgan fingerprint density at radius 3 is 2.32 bits per heavy atom. The first-order chi connectivity index (χ1) is 13.3. The van der Waals surface area contributed by atoms with Crippen LogP contribution in [-0.2, 0) is 6.18 Å². The molecule has 1 saturated heterocycles. The van der Waals surface area contributed by atoms with Crippen LogP contribution in [0.4, 0.5) is 23.2 Å². The summed E-state index contributed by atoms with van der Waals surface area (Å²) < 4.78 is 56.5. The minimum absolute atomic E-state index is 0.0787. The number of anilines is 1. The summed E-state index contributed by atoms with van der Waals surface area (Å²) in [5.74, 6) is -0.193. The third kappa shape index (κ3) is 5.59. The summed E-state index contributed by atoms with van der Waals surface area (Å²) in [5, 5.41) is 10.2. The standard InChI is InChI=1S/C20H22F4N2O2/c21-16-4-6-17(7-5-16)26-10-8-25(9-11-26)13-18(27)14-28-19-3-1-2-15(12-19)20(22,23)24/h1-7,12,18,27H,8-11,13-14H2. The van der Waals surface area contributed by atoms with Crippen LogP contribution in [0.15, 0.2) is 48.5 Å². The minimum Gasteiger partial charge on any atom is -0.491 e. The highest BCUT2D eigenvalue weighted by Crippen LogP contribution is 2.31. The topological polar surface area (TPSA) is 35.9 Å². The average Bonchev–Trinajstić information content (AvgIpc) is 2.67. The lowest BCUT2D eigenvalue weighted by molar-refractivity contribution is -0.137. The first kappa shape index (κ1) is 20.4. The van der Waals surface area contributed by atoms with E-state index in [4.69, 9.17) is 4.74 Å². The summed E-state index contributed by atoms with van der Waals surface area (Å²) in [6.45, 7) is 3.21. The molecule has 28 heavy (non-hydrogen) atoms. The van der Waals surface area contributed by atoms with Gasteiger partial charge in [0, 0.05) is 38.4 Å². The molecular formula is C20H22F4N2O2. The lowest BCUT2D eigenvalue weighted by atomic mass is 10.2. The quantitative estimate of drug-likeness (QED) is 0.757. The Morgan fingerprint density at radius 1 is 1.00 bits per heavy atom. The number of benzene rings is 2. The van der Waals surface area contributed by atoms with Crippen molar-refractivity contribution in [2.75, 3.05) is 44.2 Å². The summed E-state index contributed by atoms with van der Waals surface area (Å²) in [6, 6.07) is 10.9. The molecular weight excluding hydrogens is 376 g/mol. The van der Waals surface area contributed by atoms with E-state index in [9.17, 15) is 22.7 Å². The molecule has 152 valence electrons. The largest absolute Gasteiger partial charge is 0.491 e. The van der Waals surface area contributed by atoms with E-state index in [0.717, 1.165) is 44.0 Å². The minimum atomic E-state index is -4.43. The molecule has 4 nitrogen and oxygen atoms in total. The molecule has 0 aliphatic carbocycles. The van der Waals surface area contributed by atoms with Crippen LogP contribution in [0.3, 0.4) is 0 Å². The lowest BCUT2D eigenvalue weighted by Crippen LogP contribution is -2.49. The first-order valence-corrected chi connectivity index (χ1v) is 9.02. The second-order valence-corrected chi connectivity index (χ2v) is 6.75. The normalized spacial score (nSPS) is 16.8. The molecule has 1 fully saturated rings. The van der Waals surface area contributed by atoms with Crippen molar-refractivity contribution < 1.29 is 27.4 Å². The van der Waals surface area contributed by atoms with Crippen molar-refractivity contribution in [1.82, 2.24) is 4.90 Å². The Balaban J connectivity index is 1.43. The maximum Gasteiger partial charge on any atom is 0.416 e. The number of halogens is 4. The van der Waals surface area contributed by atoms with Crippen molar-refractivity contribution in [3.05, 3.63) is 59.9 Å². The van der Waals surface area contributed by atoms with Crippen molar-refractivity contribution in [3.63, 3.8) is 0 Å². The molecule has 1 unspecified atom stereocenters. The van der Waals surface area contributed by atoms with Gasteiger partial charge in [-0.1, -0.05) is 6.07 Å². The van der Waals surface area contributed by atoms with Gasteiger partial charge < -0.3 is 14.7 Å². The van der Waals surface area contributed by atoms with Gasteiger partial charge >= 0.3 is 6.18 Å². The molecule has 2 aromatic rings. The van der Waals surface area contributed by atoms with E-state index in [2.05, 4.69) is 9.80 Å². The number of aliphatic hydroxyl groups is 1. The molecule has 0 aromatic heterocycles. The summed E-state index contributed by atoms with van der Waals surface area (Å²) in [7, 11) is 0. The van der Waals surface area contributed by atoms with E-state index in [0.29, 0.717) is 6.54 Å². The Kier molecular flexibility index (Phi) is 6.41. The van der Waals surface area contributed by atoms with Crippen LogP contribution in [0, 0.1) is 5.82 Å². The molecule has 0 spiro atoms. The van der Waals surface area contributed by atoms with E-state index in [-0.39, 0.29) is 18.2 Å². The molecule has 0 bridgehead atoms. The van der Waals surface area contributed by atoms with Gasteiger partial charge in [0.2, 0.25) is 0 Å². The maximum atomic E-state index is 13.0. The van der Waals surface area contributed by atoms with E-state index in [1.54, 1.807) is 12.1 Å². The number of rotatable bonds is 6. The molecule has 0 amide bonds. The molecule has 3 rings (SSSR count). The molecule has 0 saturated carbocycles. The van der Waals surface area contributed by atoms with Crippen molar-refractivity contribution >= 4 is 5.69 Å². The second-order valence-electron chi connectivity index (χ2n) is 6.75. The first-order valence-electron chi connectivity index (χ1n) is 9.02. The van der Waals surface area contributed by atoms with Crippen LogP contribution in [0.25, 0.3) is 0 Å². The molecule has 8 heteroatoms. The predicted octanol–water partition coefficient (Wildman–Crippen LogP) is 3.41. The van der Waals surface area contributed by atoms with Crippen molar-refractivity contribution in [1.29, 1.82) is 0 Å². The number of nitrogens with zero attached hydrogens (tertiary/aromatic N) is 2. The number of piperazine rings is 1. The highest BCUT2D eigenvalue weighted by molar-refractivity contribution is 5.46. The lowest BCUT2D eigenvalue weighted by Gasteiger charge is -2.36. The van der Waals surface area contributed by atoms with Gasteiger partial charge in [-0.05, 0) is 42.5 Å². The van der Waals surface area contributed by atoms with Crippen LogP contribution in [0.2, 0.25) is 0 Å². The van der Waals surface area contributed by atoms with Gasteiger partial charge in [0.05, 0.1) is 5.56 Å². The average molecular weight is 398 g/mol. The van der Waals surface area contributed by atoms with Crippen molar-refractivity contribution in [3.8, 4) is 5.75 Å². The van der Waals surface area contributed by atoms with Gasteiger partial charge in [-0.25, -0.2) is 4.39 Å². The summed E-state index contributed by atoms with van der Waals surface area (Å²) in [6.07, 6.45) is -5.24. The Morgan fingerprint density at radius 2 is 1.68 bits per heavy atom. The van der Waals surface area contributed by atoms with Gasteiger partial charge in [0.1, 0.15) is 24.3 Å². The van der Waals surface area contributed by atoms with Crippen molar-refractivity contribution in [2.45, 2.75) is 12.3 Å². The number of alkyl halides is 3. The maximum absolute atomic E-state index is 13.0. The van der Waals surface area contributed by atoms with Gasteiger partial charge in [-0.2, -0.15) is 13.2 Å². The second kappa shape index (κ2) is 8.79. The molecule has 1 aliphatic rings. The fraction of sp³-hybridized carbons (Fsp3) is 0.400. The molecule has 1 heterocycles. The Hall–Kier alpha value is -2.32. The molecule has 1 aliphatic heterocycles. The fourth-order valence-corrected chi connectivity index (χ4v) is 3.15. The van der Waals surface area contributed by atoms with Gasteiger partial charge in [-0.3, -0.25) is 4.90 Å². The van der Waals surface area contributed by atoms with E-state index in [1.807, 2.05) is 0 Å². The zero-order valence-electron chi connectivity index (χ0n) is 15.2.